The molecule has 0 aliphatic carbocycles. The highest BCUT2D eigenvalue weighted by atomic mass is 32.2. The molecule has 0 amide bonds. The van der Waals surface area contributed by atoms with Crippen molar-refractivity contribution >= 4 is 10.2 Å². The van der Waals surface area contributed by atoms with Crippen LogP contribution in [0.2, 0.25) is 0 Å². The lowest BCUT2D eigenvalue weighted by Crippen LogP contribution is -2.44. The molecular weight excluding hydrogens is 192 g/mol. The zero-order valence-electron chi connectivity index (χ0n) is 7.73. The quantitative estimate of drug-likeness (QED) is 0.641. The summed E-state index contributed by atoms with van der Waals surface area (Å²) >= 11 is 0. The van der Waals surface area contributed by atoms with Crippen LogP contribution in [-0.2, 0) is 10.2 Å². The molecule has 0 aromatic heterocycles. The van der Waals surface area contributed by atoms with Gasteiger partial charge in [-0.05, 0) is 12.8 Å². The summed E-state index contributed by atoms with van der Waals surface area (Å²) in [4.78, 5) is 0. The van der Waals surface area contributed by atoms with Gasteiger partial charge in [-0.2, -0.15) is 12.7 Å². The molecule has 1 aliphatic heterocycles. The zero-order chi connectivity index (χ0) is 9.90. The van der Waals surface area contributed by atoms with Crippen molar-refractivity contribution in [2.24, 2.45) is 0 Å². The Morgan fingerprint density at radius 1 is 1.62 bits per heavy atom. The van der Waals surface area contributed by atoms with E-state index in [0.29, 0.717) is 13.1 Å². The Bertz CT molecular complexity index is 252. The summed E-state index contributed by atoms with van der Waals surface area (Å²) < 4.78 is 26.8. The monoisotopic (exact) mass is 208 g/mol. The normalized spacial score (nSPS) is 25.2. The van der Waals surface area contributed by atoms with Crippen LogP contribution in [0.3, 0.4) is 0 Å². The zero-order valence-corrected chi connectivity index (χ0v) is 8.55. The summed E-state index contributed by atoms with van der Waals surface area (Å²) in [6.07, 6.45) is 1.58. The first kappa shape index (κ1) is 10.9. The molecule has 0 saturated carbocycles. The smallest absolute Gasteiger partial charge is 0.279 e. The number of rotatable bonds is 4. The molecule has 0 radical (unpaired) electrons. The lowest BCUT2D eigenvalue weighted by atomic mass is 10.2. The Balaban J connectivity index is 2.69. The van der Waals surface area contributed by atoms with Crippen LogP contribution in [0.5, 0.6) is 0 Å². The molecule has 6 heteroatoms. The van der Waals surface area contributed by atoms with Crippen LogP contribution in [-0.4, -0.2) is 43.6 Å². The fraction of sp³-hybridized carbons (Fsp3) is 1.00. The molecular formula is C7H16N2O3S. The molecule has 1 saturated heterocycles. The van der Waals surface area contributed by atoms with Crippen LogP contribution in [0.1, 0.15) is 19.8 Å². The van der Waals surface area contributed by atoms with Crippen molar-refractivity contribution < 1.29 is 13.5 Å². The average Bonchev–Trinajstić information content (AvgIpc) is 2.51. The number of hydrogen-bond donors (Lipinski definition) is 2. The Hall–Kier alpha value is -0.170. The van der Waals surface area contributed by atoms with E-state index >= 15 is 0 Å². The van der Waals surface area contributed by atoms with Crippen molar-refractivity contribution in [3.63, 3.8) is 0 Å². The Labute approximate surface area is 78.9 Å². The lowest BCUT2D eigenvalue weighted by molar-refractivity contribution is 0.212. The molecule has 0 unspecified atom stereocenters. The van der Waals surface area contributed by atoms with E-state index < -0.39 is 10.2 Å². The molecule has 0 spiro atoms. The Kier molecular flexibility index (Phi) is 3.66. The third-order valence-electron chi connectivity index (χ3n) is 2.17. The SMILES string of the molecule is CCNS(=O)(=O)N1CCC[C@H]1CO. The minimum atomic E-state index is -3.35. The van der Waals surface area contributed by atoms with Crippen LogP contribution < -0.4 is 4.72 Å². The van der Waals surface area contributed by atoms with E-state index in [0.717, 1.165) is 12.8 Å². The Morgan fingerprint density at radius 2 is 2.31 bits per heavy atom. The van der Waals surface area contributed by atoms with E-state index in [2.05, 4.69) is 4.72 Å². The summed E-state index contributed by atoms with van der Waals surface area (Å²) in [5, 5.41) is 8.93. The van der Waals surface area contributed by atoms with Crippen LogP contribution >= 0.6 is 0 Å². The summed E-state index contributed by atoms with van der Waals surface area (Å²) in [6, 6.07) is -0.232. The number of hydrogen-bond acceptors (Lipinski definition) is 3. The second-order valence-corrected chi connectivity index (χ2v) is 4.80. The van der Waals surface area contributed by atoms with Crippen LogP contribution in [0.4, 0.5) is 0 Å². The predicted molar refractivity (Wildman–Crippen MR) is 49.4 cm³/mol. The first-order valence-electron chi connectivity index (χ1n) is 4.49. The van der Waals surface area contributed by atoms with Crippen LogP contribution in [0.15, 0.2) is 0 Å². The van der Waals surface area contributed by atoms with Crippen molar-refractivity contribution in [3.05, 3.63) is 0 Å². The van der Waals surface area contributed by atoms with Crippen LogP contribution in [0, 0.1) is 0 Å². The molecule has 0 aromatic carbocycles. The topological polar surface area (TPSA) is 69.6 Å². The van der Waals surface area contributed by atoms with E-state index in [1.54, 1.807) is 6.92 Å². The number of nitrogens with zero attached hydrogens (tertiary/aromatic N) is 1. The molecule has 5 nitrogen and oxygen atoms in total. The Morgan fingerprint density at radius 3 is 2.85 bits per heavy atom. The van der Waals surface area contributed by atoms with Crippen molar-refractivity contribution in [3.8, 4) is 0 Å². The predicted octanol–water partition coefficient (Wildman–Crippen LogP) is -0.703. The van der Waals surface area contributed by atoms with Gasteiger partial charge in [0.25, 0.3) is 10.2 Å². The fourth-order valence-corrected chi connectivity index (χ4v) is 3.04. The second kappa shape index (κ2) is 4.36. The molecule has 0 aromatic rings. The fourth-order valence-electron chi connectivity index (χ4n) is 1.57. The van der Waals surface area contributed by atoms with Gasteiger partial charge in [-0.15, -0.1) is 0 Å². The maximum absolute atomic E-state index is 11.5. The van der Waals surface area contributed by atoms with Gasteiger partial charge in [0.05, 0.1) is 6.61 Å². The van der Waals surface area contributed by atoms with Gasteiger partial charge in [0.1, 0.15) is 0 Å². The standard InChI is InChI=1S/C7H16N2O3S/c1-2-8-13(11,12)9-5-3-4-7(9)6-10/h7-8,10H,2-6H2,1H3/t7-/m0/s1. The highest BCUT2D eigenvalue weighted by molar-refractivity contribution is 7.87. The maximum atomic E-state index is 11.5. The molecule has 78 valence electrons. The number of aliphatic hydroxyl groups is 1. The van der Waals surface area contributed by atoms with Crippen molar-refractivity contribution in [2.45, 2.75) is 25.8 Å². The summed E-state index contributed by atoms with van der Waals surface area (Å²) in [5.74, 6) is 0. The third kappa shape index (κ3) is 2.40. The summed E-state index contributed by atoms with van der Waals surface area (Å²) in [6.45, 7) is 2.55. The first-order valence-corrected chi connectivity index (χ1v) is 5.93. The number of nitrogens with one attached hydrogen (secondary N) is 1. The molecule has 13 heavy (non-hydrogen) atoms. The van der Waals surface area contributed by atoms with Crippen molar-refractivity contribution in [1.82, 2.24) is 9.03 Å². The lowest BCUT2D eigenvalue weighted by Gasteiger charge is -2.21. The molecule has 1 aliphatic rings. The van der Waals surface area contributed by atoms with Gasteiger partial charge in [0.2, 0.25) is 0 Å². The second-order valence-electron chi connectivity index (χ2n) is 3.09. The highest BCUT2D eigenvalue weighted by Crippen LogP contribution is 2.19. The highest BCUT2D eigenvalue weighted by Gasteiger charge is 2.32. The average molecular weight is 208 g/mol. The molecule has 1 heterocycles. The van der Waals surface area contributed by atoms with E-state index in [1.165, 1.54) is 4.31 Å². The molecule has 1 atom stereocenters. The van der Waals surface area contributed by atoms with Gasteiger partial charge >= 0.3 is 0 Å². The third-order valence-corrected chi connectivity index (χ3v) is 3.92. The minimum absolute atomic E-state index is 0.0926. The molecule has 1 fully saturated rings. The van der Waals surface area contributed by atoms with Gasteiger partial charge in [0, 0.05) is 19.1 Å². The molecule has 2 N–H and O–H groups in total. The van der Waals surface area contributed by atoms with E-state index in [4.69, 9.17) is 5.11 Å². The van der Waals surface area contributed by atoms with E-state index in [1.807, 2.05) is 0 Å². The van der Waals surface area contributed by atoms with Crippen LogP contribution in [0.25, 0.3) is 0 Å². The van der Waals surface area contributed by atoms with Gasteiger partial charge in [-0.3, -0.25) is 0 Å². The first-order chi connectivity index (χ1) is 6.11. The maximum Gasteiger partial charge on any atom is 0.279 e. The van der Waals surface area contributed by atoms with Crippen molar-refractivity contribution in [2.75, 3.05) is 19.7 Å². The minimum Gasteiger partial charge on any atom is -0.395 e. The van der Waals surface area contributed by atoms with E-state index in [9.17, 15) is 8.42 Å². The van der Waals surface area contributed by atoms with Gasteiger partial charge in [0.15, 0.2) is 0 Å². The van der Waals surface area contributed by atoms with E-state index in [-0.39, 0.29) is 12.6 Å². The van der Waals surface area contributed by atoms with Crippen molar-refractivity contribution in [1.29, 1.82) is 0 Å². The number of aliphatic hydroxyl groups excluding tert-OH is 1. The van der Waals surface area contributed by atoms with Gasteiger partial charge in [-0.25, -0.2) is 4.72 Å². The molecule has 0 bridgehead atoms. The molecule has 1 rings (SSSR count). The van der Waals surface area contributed by atoms with Gasteiger partial charge < -0.3 is 5.11 Å². The van der Waals surface area contributed by atoms with Gasteiger partial charge in [-0.1, -0.05) is 6.92 Å². The summed E-state index contributed by atoms with van der Waals surface area (Å²) in [7, 11) is -3.35. The summed E-state index contributed by atoms with van der Waals surface area (Å²) in [5.41, 5.74) is 0. The largest absolute Gasteiger partial charge is 0.395 e.